The molecule has 0 aromatic heterocycles. The molecule has 8 heteroatoms. The number of likely N-dealkylation sites (tertiary alicyclic amines) is 1. The minimum atomic E-state index is -0.682. The standard InChI is InChI=1S/C13H23N3O5/c1-20-12(18)15-8-10(14-6-4-3-5-7-14)11(17)9-16(15)13(19)21-2/h10-11,17H,3-9H2,1-2H3/p+1/t10-,11+/m1/s1. The molecule has 0 aliphatic carbocycles. The third kappa shape index (κ3) is 3.38. The topological polar surface area (TPSA) is 83.8 Å². The molecule has 0 radical (unpaired) electrons. The molecule has 2 N–H and O–H groups in total. The van der Waals surface area contributed by atoms with Gasteiger partial charge in [0.05, 0.1) is 33.9 Å². The summed E-state index contributed by atoms with van der Waals surface area (Å²) >= 11 is 0. The number of rotatable bonds is 1. The molecule has 0 aromatic carbocycles. The van der Waals surface area contributed by atoms with Gasteiger partial charge in [-0.3, -0.25) is 0 Å². The number of aliphatic hydroxyl groups is 1. The van der Waals surface area contributed by atoms with Gasteiger partial charge in [0, 0.05) is 0 Å². The number of ether oxygens (including phenoxy) is 2. The van der Waals surface area contributed by atoms with Gasteiger partial charge in [-0.15, -0.1) is 0 Å². The van der Waals surface area contributed by atoms with Crippen LogP contribution >= 0.6 is 0 Å². The molecule has 2 atom stereocenters. The smallest absolute Gasteiger partial charge is 0.428 e. The minimum absolute atomic E-state index is 0.0376. The highest BCUT2D eigenvalue weighted by molar-refractivity contribution is 5.74. The number of hydrazine groups is 1. The number of carbonyl (C=O) groups is 2. The Kier molecular flexibility index (Phi) is 5.24. The lowest BCUT2D eigenvalue weighted by atomic mass is 10.0. The highest BCUT2D eigenvalue weighted by atomic mass is 16.6. The Morgan fingerprint density at radius 2 is 1.52 bits per heavy atom. The minimum Gasteiger partial charge on any atom is -0.452 e. The highest BCUT2D eigenvalue weighted by Crippen LogP contribution is 2.14. The van der Waals surface area contributed by atoms with Crippen LogP contribution in [0.3, 0.4) is 0 Å². The predicted octanol–water partition coefficient (Wildman–Crippen LogP) is -1.15. The number of piperidine rings is 1. The number of hydrogen-bond donors (Lipinski definition) is 2. The van der Waals surface area contributed by atoms with Crippen LogP contribution in [0, 0.1) is 0 Å². The van der Waals surface area contributed by atoms with Gasteiger partial charge < -0.3 is 19.5 Å². The largest absolute Gasteiger partial charge is 0.452 e. The highest BCUT2D eigenvalue weighted by Gasteiger charge is 2.44. The maximum atomic E-state index is 11.9. The fourth-order valence-corrected chi connectivity index (χ4v) is 3.14. The molecule has 2 heterocycles. The molecule has 0 aromatic rings. The lowest BCUT2D eigenvalue weighted by Crippen LogP contribution is -3.19. The Morgan fingerprint density at radius 3 is 2.05 bits per heavy atom. The van der Waals surface area contributed by atoms with Crippen LogP contribution in [0.25, 0.3) is 0 Å². The number of nitrogens with zero attached hydrogens (tertiary/aromatic N) is 2. The summed E-state index contributed by atoms with van der Waals surface area (Å²) in [4.78, 5) is 24.9. The molecular weight excluding hydrogens is 278 g/mol. The van der Waals surface area contributed by atoms with Gasteiger partial charge in [0.1, 0.15) is 18.7 Å². The Morgan fingerprint density at radius 1 is 1.00 bits per heavy atom. The van der Waals surface area contributed by atoms with Crippen molar-refractivity contribution in [2.75, 3.05) is 40.4 Å². The van der Waals surface area contributed by atoms with Crippen molar-refractivity contribution >= 4 is 12.2 Å². The second kappa shape index (κ2) is 6.95. The molecule has 2 aliphatic heterocycles. The van der Waals surface area contributed by atoms with Gasteiger partial charge in [0.15, 0.2) is 0 Å². The van der Waals surface area contributed by atoms with E-state index in [-0.39, 0.29) is 19.1 Å². The molecule has 0 bridgehead atoms. The number of amides is 2. The fourth-order valence-electron chi connectivity index (χ4n) is 3.14. The van der Waals surface area contributed by atoms with Crippen molar-refractivity contribution in [1.82, 2.24) is 10.0 Å². The van der Waals surface area contributed by atoms with Gasteiger partial charge >= 0.3 is 12.2 Å². The number of hydrogen-bond acceptors (Lipinski definition) is 5. The van der Waals surface area contributed by atoms with E-state index in [9.17, 15) is 14.7 Å². The van der Waals surface area contributed by atoms with E-state index in [2.05, 4.69) is 4.74 Å². The Bertz CT molecular complexity index is 386. The molecule has 2 aliphatic rings. The van der Waals surface area contributed by atoms with Crippen LogP contribution < -0.4 is 4.90 Å². The van der Waals surface area contributed by atoms with Crippen LogP contribution in [0.4, 0.5) is 9.59 Å². The molecule has 2 rings (SSSR count). The lowest BCUT2D eigenvalue weighted by Gasteiger charge is -2.44. The molecule has 0 spiro atoms. The maximum absolute atomic E-state index is 11.9. The summed E-state index contributed by atoms with van der Waals surface area (Å²) in [7, 11) is 2.51. The summed E-state index contributed by atoms with van der Waals surface area (Å²) in [6.45, 7) is 2.25. The second-order valence-corrected chi connectivity index (χ2v) is 5.50. The molecule has 8 nitrogen and oxygen atoms in total. The first-order chi connectivity index (χ1) is 10.1. The van der Waals surface area contributed by atoms with Crippen LogP contribution in [0.5, 0.6) is 0 Å². The maximum Gasteiger partial charge on any atom is 0.428 e. The van der Waals surface area contributed by atoms with Gasteiger partial charge in [-0.05, 0) is 19.3 Å². The van der Waals surface area contributed by atoms with Crippen molar-refractivity contribution in [2.24, 2.45) is 0 Å². The van der Waals surface area contributed by atoms with E-state index in [1.807, 2.05) is 0 Å². The summed E-state index contributed by atoms with van der Waals surface area (Å²) < 4.78 is 9.40. The van der Waals surface area contributed by atoms with Crippen LogP contribution in [0.1, 0.15) is 19.3 Å². The monoisotopic (exact) mass is 302 g/mol. The first-order valence-corrected chi connectivity index (χ1v) is 7.32. The van der Waals surface area contributed by atoms with Crippen LogP contribution in [0.15, 0.2) is 0 Å². The van der Waals surface area contributed by atoms with Crippen molar-refractivity contribution in [2.45, 2.75) is 31.4 Å². The summed E-state index contributed by atoms with van der Waals surface area (Å²) in [6.07, 6.45) is 1.48. The Hall–Kier alpha value is -1.54. The summed E-state index contributed by atoms with van der Waals surface area (Å²) in [5, 5.41) is 12.7. The van der Waals surface area contributed by atoms with Crippen LogP contribution in [-0.2, 0) is 9.47 Å². The van der Waals surface area contributed by atoms with Gasteiger partial charge in [0.2, 0.25) is 0 Å². The first kappa shape index (κ1) is 15.8. The summed E-state index contributed by atoms with van der Waals surface area (Å²) in [5.41, 5.74) is 0. The number of β-amino-alcohol motifs (C(OH)–C–C–N with tert-alkyl or cyclic N) is 1. The molecule has 21 heavy (non-hydrogen) atoms. The van der Waals surface area contributed by atoms with E-state index < -0.39 is 18.3 Å². The Labute approximate surface area is 124 Å². The van der Waals surface area contributed by atoms with Gasteiger partial charge in [-0.1, -0.05) is 0 Å². The normalized spacial score (nSPS) is 27.4. The van der Waals surface area contributed by atoms with Crippen molar-refractivity contribution < 1.29 is 29.1 Å². The third-order valence-corrected chi connectivity index (χ3v) is 4.28. The van der Waals surface area contributed by atoms with E-state index >= 15 is 0 Å². The zero-order valence-corrected chi connectivity index (χ0v) is 12.6. The molecule has 0 unspecified atom stereocenters. The molecule has 120 valence electrons. The number of methoxy groups -OCH3 is 2. The molecule has 2 saturated heterocycles. The molecule has 2 fully saturated rings. The predicted molar refractivity (Wildman–Crippen MR) is 72.6 cm³/mol. The zero-order chi connectivity index (χ0) is 15.4. The quantitative estimate of drug-likeness (QED) is 0.639. The van der Waals surface area contributed by atoms with E-state index in [1.165, 1.54) is 30.5 Å². The van der Waals surface area contributed by atoms with Crippen molar-refractivity contribution in [3.8, 4) is 0 Å². The van der Waals surface area contributed by atoms with Gasteiger partial charge in [-0.25, -0.2) is 19.6 Å². The van der Waals surface area contributed by atoms with E-state index in [1.54, 1.807) is 0 Å². The molecule has 0 saturated carbocycles. The van der Waals surface area contributed by atoms with E-state index in [4.69, 9.17) is 4.74 Å². The summed E-state index contributed by atoms with van der Waals surface area (Å²) in [5.74, 6) is 0. The number of quaternary nitrogens is 1. The van der Waals surface area contributed by atoms with Crippen molar-refractivity contribution in [3.05, 3.63) is 0 Å². The average Bonchev–Trinajstić information content (AvgIpc) is 2.53. The number of carbonyl (C=O) groups excluding carboxylic acids is 2. The summed E-state index contributed by atoms with van der Waals surface area (Å²) in [6, 6.07) is -0.106. The van der Waals surface area contributed by atoms with Gasteiger partial charge in [0.25, 0.3) is 0 Å². The first-order valence-electron chi connectivity index (χ1n) is 7.32. The molecule has 2 amide bonds. The van der Waals surface area contributed by atoms with E-state index in [0.29, 0.717) is 0 Å². The average molecular weight is 302 g/mol. The van der Waals surface area contributed by atoms with Crippen LogP contribution in [0.2, 0.25) is 0 Å². The van der Waals surface area contributed by atoms with Crippen LogP contribution in [-0.4, -0.2) is 79.9 Å². The van der Waals surface area contributed by atoms with Gasteiger partial charge in [-0.2, -0.15) is 0 Å². The number of nitrogens with one attached hydrogen (secondary N) is 1. The Balaban J connectivity index is 2.13. The second-order valence-electron chi connectivity index (χ2n) is 5.50. The van der Waals surface area contributed by atoms with Crippen molar-refractivity contribution in [1.29, 1.82) is 0 Å². The third-order valence-electron chi connectivity index (χ3n) is 4.28. The number of aliphatic hydroxyl groups excluding tert-OH is 1. The van der Waals surface area contributed by atoms with E-state index in [0.717, 1.165) is 30.9 Å². The lowest BCUT2D eigenvalue weighted by molar-refractivity contribution is -0.934. The SMILES string of the molecule is COC(=O)N1C[C@@H]([NH+]2CCCCC2)[C@@H](O)CN1C(=O)OC. The molecular formula is C13H24N3O5+. The fraction of sp³-hybridized carbons (Fsp3) is 0.846. The zero-order valence-electron chi connectivity index (χ0n) is 12.6. The van der Waals surface area contributed by atoms with Crippen molar-refractivity contribution in [3.63, 3.8) is 0 Å².